The van der Waals surface area contributed by atoms with Gasteiger partial charge in [-0.1, -0.05) is 12.1 Å². The Balaban J connectivity index is 1.89. The van der Waals surface area contributed by atoms with Crippen LogP contribution in [0.4, 0.5) is 28.9 Å². The zero-order valence-electron chi connectivity index (χ0n) is 16.7. The number of alkyl halides is 3. The van der Waals surface area contributed by atoms with Gasteiger partial charge in [0.15, 0.2) is 5.78 Å². The van der Waals surface area contributed by atoms with E-state index >= 15 is 0 Å². The Morgan fingerprint density at radius 3 is 2.61 bits per heavy atom. The first-order valence-electron chi connectivity index (χ1n) is 9.59. The summed E-state index contributed by atoms with van der Waals surface area (Å²) in [5.41, 5.74) is -0.244. The van der Waals surface area contributed by atoms with Gasteiger partial charge in [-0.2, -0.15) is 13.2 Å². The summed E-state index contributed by atoms with van der Waals surface area (Å²) in [5, 5.41) is 11.6. The zero-order valence-corrected chi connectivity index (χ0v) is 16.7. The molecule has 0 radical (unpaired) electrons. The number of anilines is 2. The van der Waals surface area contributed by atoms with E-state index in [-0.39, 0.29) is 34.6 Å². The Morgan fingerprint density at radius 1 is 1.21 bits per heavy atom. The number of carbonyl (C=O) groups excluding carboxylic acids is 2. The fourth-order valence-electron chi connectivity index (χ4n) is 4.15. The quantitative estimate of drug-likeness (QED) is 0.506. The maximum Gasteiger partial charge on any atom is 0.416 e. The van der Waals surface area contributed by atoms with Crippen LogP contribution in [0.2, 0.25) is 0 Å². The van der Waals surface area contributed by atoms with E-state index in [4.69, 9.17) is 0 Å². The molecular weight excluding hydrogens is 446 g/mol. The molecule has 2 aromatic carbocycles. The molecule has 2 aliphatic heterocycles. The number of amides is 1. The smallest absolute Gasteiger partial charge is 0.416 e. The van der Waals surface area contributed by atoms with E-state index in [2.05, 4.69) is 10.3 Å². The Morgan fingerprint density at radius 2 is 1.94 bits per heavy atom. The number of benzene rings is 2. The second-order valence-corrected chi connectivity index (χ2v) is 7.42. The van der Waals surface area contributed by atoms with Gasteiger partial charge in [0.05, 0.1) is 35.5 Å². The summed E-state index contributed by atoms with van der Waals surface area (Å²) in [4.78, 5) is 40.5. The topological polar surface area (TPSA) is 99.1 Å². The molecule has 2 aliphatic rings. The number of carbonyl (C=O) groups is 3. The maximum absolute atomic E-state index is 13.6. The number of ketones is 1. The van der Waals surface area contributed by atoms with Crippen molar-refractivity contribution in [2.24, 2.45) is 4.99 Å². The third-order valence-corrected chi connectivity index (χ3v) is 5.44. The van der Waals surface area contributed by atoms with E-state index in [0.717, 1.165) is 18.3 Å². The van der Waals surface area contributed by atoms with Crippen LogP contribution in [0.5, 0.6) is 0 Å². The number of aliphatic imine (C=N–C) groups is 1. The van der Waals surface area contributed by atoms with Crippen LogP contribution < -0.4 is 10.2 Å². The second-order valence-electron chi connectivity index (χ2n) is 7.42. The van der Waals surface area contributed by atoms with Crippen LogP contribution in [-0.2, 0) is 33.5 Å². The lowest BCUT2D eigenvalue weighted by molar-refractivity contribution is -0.138. The van der Waals surface area contributed by atoms with Crippen molar-refractivity contribution in [3.63, 3.8) is 0 Å². The van der Waals surface area contributed by atoms with E-state index in [1.54, 1.807) is 0 Å². The fourth-order valence-corrected chi connectivity index (χ4v) is 4.15. The van der Waals surface area contributed by atoms with Gasteiger partial charge in [0.1, 0.15) is 5.82 Å². The van der Waals surface area contributed by atoms with Crippen LogP contribution in [0, 0.1) is 5.82 Å². The van der Waals surface area contributed by atoms with Gasteiger partial charge >= 0.3 is 12.1 Å². The normalized spacial score (nSPS) is 16.8. The lowest BCUT2D eigenvalue weighted by Crippen LogP contribution is -2.26. The molecule has 0 aromatic heterocycles. The largest absolute Gasteiger partial charge is 0.481 e. The van der Waals surface area contributed by atoms with Crippen LogP contribution in [0.3, 0.4) is 0 Å². The van der Waals surface area contributed by atoms with Gasteiger partial charge in [-0.05, 0) is 29.3 Å². The molecule has 0 aliphatic carbocycles. The summed E-state index contributed by atoms with van der Waals surface area (Å²) in [5.74, 6) is -3.69. The molecule has 7 nitrogen and oxygen atoms in total. The number of halogens is 4. The minimum absolute atomic E-state index is 0.0992. The summed E-state index contributed by atoms with van der Waals surface area (Å²) in [6.07, 6.45) is -2.56. The number of nitrogens with zero attached hydrogens (tertiary/aromatic N) is 2. The number of hydrogen-bond donors (Lipinski definition) is 2. The van der Waals surface area contributed by atoms with E-state index in [1.165, 1.54) is 23.2 Å². The van der Waals surface area contributed by atoms with Crippen molar-refractivity contribution in [1.29, 1.82) is 0 Å². The monoisotopic (exact) mass is 461 g/mol. The molecule has 33 heavy (non-hydrogen) atoms. The molecule has 1 atom stereocenters. The van der Waals surface area contributed by atoms with Gasteiger partial charge < -0.3 is 15.3 Å². The van der Waals surface area contributed by atoms with Crippen molar-refractivity contribution in [3.05, 3.63) is 70.3 Å². The predicted molar refractivity (Wildman–Crippen MR) is 109 cm³/mol. The van der Waals surface area contributed by atoms with Crippen molar-refractivity contribution in [2.75, 3.05) is 10.2 Å². The Hall–Kier alpha value is -4.02. The minimum Gasteiger partial charge on any atom is -0.481 e. The maximum atomic E-state index is 13.6. The van der Waals surface area contributed by atoms with Crippen LogP contribution in [0.15, 0.2) is 47.2 Å². The molecule has 1 amide bonds. The van der Waals surface area contributed by atoms with Gasteiger partial charge in [-0.25, -0.2) is 4.39 Å². The van der Waals surface area contributed by atoms with Gasteiger partial charge in [-0.15, -0.1) is 0 Å². The molecule has 2 aromatic rings. The van der Waals surface area contributed by atoms with Crippen LogP contribution in [-0.4, -0.2) is 29.5 Å². The number of aliphatic carboxylic acids is 1. The summed E-state index contributed by atoms with van der Waals surface area (Å²) in [6, 6.07) is 5.23. The molecular formula is C22H15F4N3O4. The molecule has 4 rings (SSSR count). The zero-order chi connectivity index (χ0) is 23.9. The summed E-state index contributed by atoms with van der Waals surface area (Å²) in [6.45, 7) is -0.369. The Bertz CT molecular complexity index is 1240. The lowest BCUT2D eigenvalue weighted by Gasteiger charge is -2.25. The lowest BCUT2D eigenvalue weighted by atomic mass is 9.90. The summed E-state index contributed by atoms with van der Waals surface area (Å²) in [7, 11) is 0. The number of allylic oxidation sites excluding steroid dienone is 1. The Kier molecular flexibility index (Phi) is 5.48. The van der Waals surface area contributed by atoms with E-state index in [9.17, 15) is 37.1 Å². The highest BCUT2D eigenvalue weighted by atomic mass is 19.4. The number of carboxylic acid groups (broad SMARTS) is 1. The van der Waals surface area contributed by atoms with Crippen molar-refractivity contribution < 1.29 is 37.1 Å². The van der Waals surface area contributed by atoms with E-state index < -0.39 is 41.6 Å². The van der Waals surface area contributed by atoms with Crippen molar-refractivity contribution >= 4 is 35.8 Å². The molecule has 1 unspecified atom stereocenters. The van der Waals surface area contributed by atoms with E-state index in [1.807, 2.05) is 0 Å². The summed E-state index contributed by atoms with van der Waals surface area (Å²) < 4.78 is 54.2. The van der Waals surface area contributed by atoms with Gasteiger partial charge in [0.25, 0.3) is 0 Å². The first kappa shape index (κ1) is 22.2. The van der Waals surface area contributed by atoms with Gasteiger partial charge in [0, 0.05) is 24.0 Å². The molecule has 2 N–H and O–H groups in total. The highest BCUT2D eigenvalue weighted by molar-refractivity contribution is 6.33. The fraction of sp³-hybridized carbons (Fsp3) is 0.182. The molecule has 0 saturated carbocycles. The van der Waals surface area contributed by atoms with Crippen LogP contribution >= 0.6 is 0 Å². The average molecular weight is 461 g/mol. The predicted octanol–water partition coefficient (Wildman–Crippen LogP) is 3.64. The minimum atomic E-state index is -4.82. The van der Waals surface area contributed by atoms with E-state index in [0.29, 0.717) is 18.2 Å². The Labute approximate surface area is 184 Å². The number of fused-ring (bicyclic) bond motifs is 3. The van der Waals surface area contributed by atoms with Crippen LogP contribution in [0.25, 0.3) is 0 Å². The molecule has 170 valence electrons. The van der Waals surface area contributed by atoms with Crippen LogP contribution in [0.1, 0.15) is 28.2 Å². The van der Waals surface area contributed by atoms with Crippen molar-refractivity contribution in [2.45, 2.75) is 25.1 Å². The number of rotatable bonds is 6. The molecule has 0 spiro atoms. The summed E-state index contributed by atoms with van der Waals surface area (Å²) >= 11 is 0. The highest BCUT2D eigenvalue weighted by Crippen LogP contribution is 2.50. The number of hydrogen-bond acceptors (Lipinski definition) is 5. The standard InChI is InChI=1S/C22H15F4N3O4/c23-13-3-1-12(14(6-13)22(24,25)26)9-29-15-4-2-11(5-18(32)33)21(28-10-30)20(15)19-16(29)7-27-8-17(19)31/h1-4,6-8,10,19H,5,9H2,(H,28,30)(H,32,33). The molecule has 2 heterocycles. The van der Waals surface area contributed by atoms with Gasteiger partial charge in [0.2, 0.25) is 6.41 Å². The SMILES string of the molecule is O=CNc1c(CC(=O)O)ccc2c1C1C(=O)C=NC=C1N2Cc1ccc(F)cc1C(F)(F)F. The molecule has 0 saturated heterocycles. The van der Waals surface area contributed by atoms with Crippen molar-refractivity contribution in [1.82, 2.24) is 0 Å². The number of nitrogens with one attached hydrogen (secondary N) is 1. The highest BCUT2D eigenvalue weighted by Gasteiger charge is 2.43. The second kappa shape index (κ2) is 8.15. The third kappa shape index (κ3) is 3.97. The first-order valence-corrected chi connectivity index (χ1v) is 9.59. The number of Topliss-reactive ketones (excluding diaryl/α,β-unsaturated/α-hetero) is 1. The number of carboxylic acids is 1. The first-order chi connectivity index (χ1) is 15.6. The third-order valence-electron chi connectivity index (χ3n) is 5.44. The molecule has 0 bridgehead atoms. The molecule has 0 fully saturated rings. The van der Waals surface area contributed by atoms with Gasteiger partial charge in [-0.3, -0.25) is 19.4 Å². The van der Waals surface area contributed by atoms with Crippen molar-refractivity contribution in [3.8, 4) is 0 Å². The average Bonchev–Trinajstić information content (AvgIpc) is 3.05. The molecule has 11 heteroatoms.